The van der Waals surface area contributed by atoms with Crippen molar-refractivity contribution in [3.8, 4) is 11.4 Å². The molecule has 0 fully saturated rings. The third kappa shape index (κ3) is 2.84. The van der Waals surface area contributed by atoms with Crippen molar-refractivity contribution in [3.05, 3.63) is 23.5 Å². The standard InChI is InChI=1S/C12H16FN5OS/c1-7-4-9(14)5-10(11(7)13)12-15-16-17-18(12)8(2)6-20(3)19/h4-5,8H,6,14H2,1-3H3. The largest absolute Gasteiger partial charge is 0.399 e. The topological polar surface area (TPSA) is 86.7 Å². The molecule has 108 valence electrons. The van der Waals surface area contributed by atoms with Crippen molar-refractivity contribution < 1.29 is 8.60 Å². The van der Waals surface area contributed by atoms with E-state index in [9.17, 15) is 8.60 Å². The SMILES string of the molecule is Cc1cc(N)cc(-c2nnnn2C(C)CS(C)=O)c1F. The van der Waals surface area contributed by atoms with Crippen LogP contribution in [-0.4, -0.2) is 36.4 Å². The summed E-state index contributed by atoms with van der Waals surface area (Å²) in [7, 11) is -0.994. The van der Waals surface area contributed by atoms with Crippen LogP contribution in [0.25, 0.3) is 11.4 Å². The summed E-state index contributed by atoms with van der Waals surface area (Å²) >= 11 is 0. The zero-order chi connectivity index (χ0) is 14.9. The highest BCUT2D eigenvalue weighted by molar-refractivity contribution is 7.84. The smallest absolute Gasteiger partial charge is 0.185 e. The molecule has 2 rings (SSSR count). The minimum Gasteiger partial charge on any atom is -0.399 e. The zero-order valence-electron chi connectivity index (χ0n) is 11.5. The van der Waals surface area contributed by atoms with Gasteiger partial charge in [0.25, 0.3) is 0 Å². The Morgan fingerprint density at radius 3 is 2.85 bits per heavy atom. The highest BCUT2D eigenvalue weighted by Gasteiger charge is 2.19. The van der Waals surface area contributed by atoms with Crippen LogP contribution in [0.4, 0.5) is 10.1 Å². The lowest BCUT2D eigenvalue weighted by Crippen LogP contribution is -2.16. The molecule has 0 amide bonds. The van der Waals surface area contributed by atoms with Crippen LogP contribution >= 0.6 is 0 Å². The average Bonchev–Trinajstić information content (AvgIpc) is 2.81. The van der Waals surface area contributed by atoms with Crippen LogP contribution in [0.1, 0.15) is 18.5 Å². The maximum absolute atomic E-state index is 14.2. The Balaban J connectivity index is 2.50. The monoisotopic (exact) mass is 297 g/mol. The molecule has 0 aliphatic heterocycles. The van der Waals surface area contributed by atoms with Gasteiger partial charge in [-0.3, -0.25) is 4.21 Å². The van der Waals surface area contributed by atoms with E-state index in [1.165, 1.54) is 10.7 Å². The van der Waals surface area contributed by atoms with Crippen LogP contribution in [-0.2, 0) is 10.8 Å². The van der Waals surface area contributed by atoms with Gasteiger partial charge in [-0.15, -0.1) is 5.10 Å². The Hall–Kier alpha value is -1.83. The van der Waals surface area contributed by atoms with Crippen molar-refractivity contribution in [3.63, 3.8) is 0 Å². The molecule has 1 aromatic heterocycles. The predicted octanol–water partition coefficient (Wildman–Crippen LogP) is 1.31. The van der Waals surface area contributed by atoms with Gasteiger partial charge in [0.2, 0.25) is 0 Å². The lowest BCUT2D eigenvalue weighted by Gasteiger charge is -2.13. The average molecular weight is 297 g/mol. The van der Waals surface area contributed by atoms with Crippen molar-refractivity contribution in [1.82, 2.24) is 20.2 Å². The summed E-state index contributed by atoms with van der Waals surface area (Å²) in [5.41, 5.74) is 6.88. The fraction of sp³-hybridized carbons (Fsp3) is 0.417. The molecule has 2 aromatic rings. The summed E-state index contributed by atoms with van der Waals surface area (Å²) in [5, 5.41) is 11.3. The Morgan fingerprint density at radius 1 is 1.50 bits per heavy atom. The van der Waals surface area contributed by atoms with Crippen LogP contribution in [0, 0.1) is 12.7 Å². The number of benzene rings is 1. The number of aryl methyl sites for hydroxylation is 1. The van der Waals surface area contributed by atoms with Crippen LogP contribution in [0.3, 0.4) is 0 Å². The van der Waals surface area contributed by atoms with Gasteiger partial charge in [0.15, 0.2) is 5.82 Å². The van der Waals surface area contributed by atoms with E-state index in [1.54, 1.807) is 19.2 Å². The van der Waals surface area contributed by atoms with Crippen molar-refractivity contribution >= 4 is 16.5 Å². The summed E-state index contributed by atoms with van der Waals surface area (Å²) in [6.07, 6.45) is 1.60. The molecule has 0 bridgehead atoms. The van der Waals surface area contributed by atoms with Gasteiger partial charge in [-0.1, -0.05) is 0 Å². The van der Waals surface area contributed by atoms with Crippen molar-refractivity contribution in [2.24, 2.45) is 0 Å². The number of nitrogen functional groups attached to an aromatic ring is 1. The first-order chi connectivity index (χ1) is 9.40. The van der Waals surface area contributed by atoms with Gasteiger partial charge in [0.1, 0.15) is 5.82 Å². The van der Waals surface area contributed by atoms with Crippen LogP contribution in [0.5, 0.6) is 0 Å². The van der Waals surface area contributed by atoms with E-state index in [4.69, 9.17) is 5.73 Å². The molecule has 0 saturated carbocycles. The second kappa shape index (κ2) is 5.66. The highest BCUT2D eigenvalue weighted by Crippen LogP contribution is 2.27. The molecule has 0 saturated heterocycles. The third-order valence-electron chi connectivity index (χ3n) is 2.90. The highest BCUT2D eigenvalue weighted by atomic mass is 32.2. The molecule has 1 heterocycles. The lowest BCUT2D eigenvalue weighted by molar-refractivity contribution is 0.519. The maximum Gasteiger partial charge on any atom is 0.185 e. The van der Waals surface area contributed by atoms with Gasteiger partial charge < -0.3 is 5.73 Å². The van der Waals surface area contributed by atoms with Crippen molar-refractivity contribution in [2.45, 2.75) is 19.9 Å². The predicted molar refractivity (Wildman–Crippen MR) is 76.0 cm³/mol. The van der Waals surface area contributed by atoms with E-state index in [0.29, 0.717) is 17.0 Å². The minimum absolute atomic E-state index is 0.202. The number of halogens is 1. The lowest BCUT2D eigenvalue weighted by atomic mass is 10.1. The maximum atomic E-state index is 14.2. The molecule has 0 aliphatic rings. The molecule has 0 spiro atoms. The summed E-state index contributed by atoms with van der Waals surface area (Å²) in [6.45, 7) is 3.46. The first-order valence-corrected chi connectivity index (χ1v) is 7.76. The first kappa shape index (κ1) is 14.6. The third-order valence-corrected chi connectivity index (χ3v) is 3.86. The van der Waals surface area contributed by atoms with Crippen LogP contribution < -0.4 is 5.73 Å². The molecule has 2 unspecified atom stereocenters. The Kier molecular flexibility index (Phi) is 4.12. The first-order valence-electron chi connectivity index (χ1n) is 6.04. The fourth-order valence-corrected chi connectivity index (χ4v) is 2.86. The van der Waals surface area contributed by atoms with Crippen LogP contribution in [0.2, 0.25) is 0 Å². The van der Waals surface area contributed by atoms with Crippen LogP contribution in [0.15, 0.2) is 12.1 Å². The number of aromatic nitrogens is 4. The molecule has 6 nitrogen and oxygen atoms in total. The Morgan fingerprint density at radius 2 is 2.20 bits per heavy atom. The molecule has 20 heavy (non-hydrogen) atoms. The molecule has 0 radical (unpaired) electrons. The molecule has 0 aliphatic carbocycles. The number of nitrogens with zero attached hydrogens (tertiary/aromatic N) is 4. The number of tetrazole rings is 1. The van der Waals surface area contributed by atoms with Gasteiger partial charge in [-0.05, 0) is 42.0 Å². The van der Waals surface area contributed by atoms with Crippen molar-refractivity contribution in [1.29, 1.82) is 0 Å². The molecule has 2 N–H and O–H groups in total. The molecular weight excluding hydrogens is 281 g/mol. The van der Waals surface area contributed by atoms with Gasteiger partial charge in [-0.25, -0.2) is 9.07 Å². The Labute approximate surface area is 118 Å². The van der Waals surface area contributed by atoms with Crippen molar-refractivity contribution in [2.75, 3.05) is 17.7 Å². The fourth-order valence-electron chi connectivity index (χ4n) is 2.04. The van der Waals surface area contributed by atoms with Gasteiger partial charge in [-0.2, -0.15) is 0 Å². The van der Waals surface area contributed by atoms with E-state index >= 15 is 0 Å². The van der Waals surface area contributed by atoms with E-state index in [2.05, 4.69) is 15.5 Å². The quantitative estimate of drug-likeness (QED) is 0.860. The summed E-state index contributed by atoms with van der Waals surface area (Å²) in [5.74, 6) is 0.275. The zero-order valence-corrected chi connectivity index (χ0v) is 12.3. The number of hydrogen-bond acceptors (Lipinski definition) is 5. The number of anilines is 1. The van der Waals surface area contributed by atoms with E-state index in [1.807, 2.05) is 6.92 Å². The van der Waals surface area contributed by atoms with Gasteiger partial charge >= 0.3 is 0 Å². The molecule has 8 heteroatoms. The second-order valence-corrected chi connectivity index (χ2v) is 6.22. The molecular formula is C12H16FN5OS. The van der Waals surface area contributed by atoms with Gasteiger partial charge in [0, 0.05) is 28.5 Å². The normalized spacial score (nSPS) is 14.2. The van der Waals surface area contributed by atoms with E-state index in [-0.39, 0.29) is 17.4 Å². The summed E-state index contributed by atoms with van der Waals surface area (Å²) in [6, 6.07) is 2.85. The molecule has 2 atom stereocenters. The summed E-state index contributed by atoms with van der Waals surface area (Å²) < 4.78 is 27.0. The number of rotatable bonds is 4. The Bertz CT molecular complexity index is 657. The van der Waals surface area contributed by atoms with E-state index < -0.39 is 16.6 Å². The minimum atomic E-state index is -0.994. The number of hydrogen-bond donors (Lipinski definition) is 1. The second-order valence-electron chi connectivity index (χ2n) is 4.74. The van der Waals surface area contributed by atoms with Gasteiger partial charge in [0.05, 0.1) is 11.6 Å². The summed E-state index contributed by atoms with van der Waals surface area (Å²) in [4.78, 5) is 0. The molecule has 1 aromatic carbocycles. The number of nitrogens with two attached hydrogens (primary N) is 1. The van der Waals surface area contributed by atoms with E-state index in [0.717, 1.165) is 0 Å².